The van der Waals surface area contributed by atoms with Gasteiger partial charge in [-0.15, -0.1) is 0 Å². The van der Waals surface area contributed by atoms with Gasteiger partial charge in [0.1, 0.15) is 11.9 Å². The number of hydrogen-bond donors (Lipinski definition) is 1. The van der Waals surface area contributed by atoms with E-state index in [0.717, 1.165) is 4.90 Å². The fourth-order valence-electron chi connectivity index (χ4n) is 2.55. The van der Waals surface area contributed by atoms with Crippen molar-refractivity contribution < 1.29 is 19.4 Å². The molecule has 0 saturated carbocycles. The number of anilines is 1. The first-order chi connectivity index (χ1) is 12.1. The van der Waals surface area contributed by atoms with Crippen LogP contribution in [0.1, 0.15) is 49.9 Å². The van der Waals surface area contributed by atoms with Gasteiger partial charge in [-0.1, -0.05) is 17.7 Å². The summed E-state index contributed by atoms with van der Waals surface area (Å²) in [6, 6.07) is 8.35. The van der Waals surface area contributed by atoms with E-state index in [1.165, 1.54) is 12.1 Å². The number of aldehydes is 1. The molecule has 1 unspecified atom stereocenters. The molecule has 0 aliphatic rings. The van der Waals surface area contributed by atoms with E-state index in [1.807, 2.05) is 19.1 Å². The Balaban J connectivity index is 2.49. The summed E-state index contributed by atoms with van der Waals surface area (Å²) in [6.07, 6.45) is 0.654. The van der Waals surface area contributed by atoms with Crippen LogP contribution in [0.15, 0.2) is 36.5 Å². The molecule has 0 aliphatic carbocycles. The molecule has 1 heterocycles. The second-order valence-corrected chi connectivity index (χ2v) is 7.17. The molecule has 0 fully saturated rings. The summed E-state index contributed by atoms with van der Waals surface area (Å²) in [5.74, 6) is 0.279. The molecule has 2 aromatic rings. The van der Waals surface area contributed by atoms with Crippen molar-refractivity contribution >= 4 is 29.7 Å². The third kappa shape index (κ3) is 4.32. The van der Waals surface area contributed by atoms with E-state index in [1.54, 1.807) is 33.0 Å². The molecule has 0 saturated heterocycles. The van der Waals surface area contributed by atoms with Crippen molar-refractivity contribution in [2.45, 2.75) is 39.3 Å². The number of carbonyl (C=O) groups excluding carboxylic acids is 1. The average Bonchev–Trinajstić information content (AvgIpc) is 2.56. The van der Waals surface area contributed by atoms with Gasteiger partial charge in [-0.2, -0.15) is 0 Å². The van der Waals surface area contributed by atoms with Gasteiger partial charge >= 0.3 is 6.09 Å². The van der Waals surface area contributed by atoms with Crippen LogP contribution in [0.25, 0.3) is 0 Å². The van der Waals surface area contributed by atoms with Gasteiger partial charge in [-0.3, -0.25) is 14.7 Å². The summed E-state index contributed by atoms with van der Waals surface area (Å²) in [7, 11) is 0. The van der Waals surface area contributed by atoms with Gasteiger partial charge in [0.25, 0.3) is 0 Å². The van der Waals surface area contributed by atoms with Gasteiger partial charge in [0.15, 0.2) is 6.29 Å². The van der Waals surface area contributed by atoms with Crippen LogP contribution in [0.2, 0.25) is 5.02 Å². The predicted octanol–water partition coefficient (Wildman–Crippen LogP) is 4.97. The van der Waals surface area contributed by atoms with Gasteiger partial charge in [0.05, 0.1) is 16.4 Å². The molecule has 1 aromatic carbocycles. The highest BCUT2D eigenvalue weighted by Crippen LogP contribution is 2.37. The van der Waals surface area contributed by atoms with Crippen molar-refractivity contribution in [1.29, 1.82) is 0 Å². The second-order valence-electron chi connectivity index (χ2n) is 6.76. The third-order valence-electron chi connectivity index (χ3n) is 3.72. The number of halogens is 1. The number of pyridine rings is 1. The highest BCUT2D eigenvalue weighted by molar-refractivity contribution is 6.32. The Morgan fingerprint density at radius 3 is 2.54 bits per heavy atom. The van der Waals surface area contributed by atoms with Crippen LogP contribution < -0.4 is 9.64 Å². The minimum atomic E-state index is -1.17. The SMILES string of the molecule is CC(Oc1cc(N(C(=O)O)C(C)(C)C)c(C=O)cc1Cl)c1ccccn1. The molecule has 0 bridgehead atoms. The molecule has 1 N–H and O–H groups in total. The van der Waals surface area contributed by atoms with Crippen LogP contribution in [0.4, 0.5) is 10.5 Å². The van der Waals surface area contributed by atoms with E-state index in [4.69, 9.17) is 16.3 Å². The monoisotopic (exact) mass is 376 g/mol. The van der Waals surface area contributed by atoms with Gasteiger partial charge in [0.2, 0.25) is 0 Å². The molecule has 6 nitrogen and oxygen atoms in total. The van der Waals surface area contributed by atoms with E-state index in [2.05, 4.69) is 4.98 Å². The van der Waals surface area contributed by atoms with Crippen LogP contribution in [-0.4, -0.2) is 28.0 Å². The predicted molar refractivity (Wildman–Crippen MR) is 100 cm³/mol. The number of ether oxygens (including phenoxy) is 1. The van der Waals surface area contributed by atoms with Crippen LogP contribution in [0, 0.1) is 0 Å². The minimum absolute atomic E-state index is 0.171. The molecular formula is C19H21ClN2O4. The summed E-state index contributed by atoms with van der Waals surface area (Å²) >= 11 is 6.24. The van der Waals surface area contributed by atoms with Crippen LogP contribution in [-0.2, 0) is 0 Å². The molecule has 1 aromatic heterocycles. The van der Waals surface area contributed by atoms with E-state index in [9.17, 15) is 14.7 Å². The number of carbonyl (C=O) groups is 2. The van der Waals surface area contributed by atoms with Crippen molar-refractivity contribution in [2.75, 3.05) is 4.90 Å². The number of amides is 1. The van der Waals surface area contributed by atoms with Gasteiger partial charge < -0.3 is 9.84 Å². The van der Waals surface area contributed by atoms with Crippen molar-refractivity contribution in [1.82, 2.24) is 4.98 Å². The number of aromatic nitrogens is 1. The normalized spacial score (nSPS) is 12.3. The molecule has 1 amide bonds. The molecule has 26 heavy (non-hydrogen) atoms. The number of benzene rings is 1. The molecule has 7 heteroatoms. The van der Waals surface area contributed by atoms with Gasteiger partial charge in [0, 0.05) is 23.4 Å². The van der Waals surface area contributed by atoms with Crippen molar-refractivity contribution in [3.8, 4) is 5.75 Å². The highest BCUT2D eigenvalue weighted by atomic mass is 35.5. The third-order valence-corrected chi connectivity index (χ3v) is 4.01. The molecule has 2 rings (SSSR count). The van der Waals surface area contributed by atoms with Crippen LogP contribution in [0.5, 0.6) is 5.75 Å². The smallest absolute Gasteiger partial charge is 0.412 e. The maximum Gasteiger partial charge on any atom is 0.412 e. The molecule has 0 spiro atoms. The first-order valence-corrected chi connectivity index (χ1v) is 8.42. The zero-order valence-electron chi connectivity index (χ0n) is 15.1. The first kappa shape index (κ1) is 19.7. The minimum Gasteiger partial charge on any atom is -0.483 e. The number of carboxylic acid groups (broad SMARTS) is 1. The molecule has 0 aliphatic heterocycles. The summed E-state index contributed by atoms with van der Waals surface area (Å²) in [5, 5.41) is 9.85. The summed E-state index contributed by atoms with van der Waals surface area (Å²) < 4.78 is 5.88. The Morgan fingerprint density at radius 2 is 2.04 bits per heavy atom. The lowest BCUT2D eigenvalue weighted by atomic mass is 10.0. The highest BCUT2D eigenvalue weighted by Gasteiger charge is 2.30. The Morgan fingerprint density at radius 1 is 1.35 bits per heavy atom. The van der Waals surface area contributed by atoms with Gasteiger partial charge in [-0.05, 0) is 45.9 Å². The van der Waals surface area contributed by atoms with Gasteiger partial charge in [-0.25, -0.2) is 4.79 Å². The number of hydrogen-bond acceptors (Lipinski definition) is 4. The fourth-order valence-corrected chi connectivity index (χ4v) is 2.77. The second kappa shape index (κ2) is 7.74. The molecule has 0 radical (unpaired) electrons. The van der Waals surface area contributed by atoms with Crippen molar-refractivity contribution in [3.63, 3.8) is 0 Å². The summed E-state index contributed by atoms with van der Waals surface area (Å²) in [5.41, 5.74) is 0.328. The lowest BCUT2D eigenvalue weighted by molar-refractivity contribution is 0.112. The molecular weight excluding hydrogens is 356 g/mol. The Kier molecular flexibility index (Phi) is 5.87. The van der Waals surface area contributed by atoms with Crippen LogP contribution in [0.3, 0.4) is 0 Å². The van der Waals surface area contributed by atoms with Crippen LogP contribution >= 0.6 is 11.6 Å². The van der Waals surface area contributed by atoms with E-state index < -0.39 is 17.7 Å². The van der Waals surface area contributed by atoms with E-state index in [0.29, 0.717) is 12.0 Å². The van der Waals surface area contributed by atoms with Crippen molar-refractivity contribution in [3.05, 3.63) is 52.8 Å². The Hall–Kier alpha value is -2.60. The van der Waals surface area contributed by atoms with Crippen molar-refractivity contribution in [2.24, 2.45) is 0 Å². The fraction of sp³-hybridized carbons (Fsp3) is 0.316. The standard InChI is InChI=1S/C19H21ClN2O4/c1-12(15-7-5-6-8-21-15)26-17-10-16(13(11-23)9-14(17)20)22(18(24)25)19(2,3)4/h5-12H,1-4H3,(H,24,25). The zero-order valence-corrected chi connectivity index (χ0v) is 15.8. The topological polar surface area (TPSA) is 79.7 Å². The first-order valence-electron chi connectivity index (χ1n) is 8.04. The Bertz CT molecular complexity index is 803. The van der Waals surface area contributed by atoms with E-state index in [-0.39, 0.29) is 22.0 Å². The largest absolute Gasteiger partial charge is 0.483 e. The maximum atomic E-state index is 11.8. The maximum absolute atomic E-state index is 11.8. The Labute approximate surface area is 157 Å². The summed E-state index contributed by atoms with van der Waals surface area (Å²) in [4.78, 5) is 28.6. The molecule has 138 valence electrons. The summed E-state index contributed by atoms with van der Waals surface area (Å²) in [6.45, 7) is 7.02. The quantitative estimate of drug-likeness (QED) is 0.745. The van der Waals surface area contributed by atoms with E-state index >= 15 is 0 Å². The zero-order chi connectivity index (χ0) is 19.5. The average molecular weight is 377 g/mol. The lowest BCUT2D eigenvalue weighted by Gasteiger charge is -2.34. The number of nitrogens with zero attached hydrogens (tertiary/aromatic N) is 2. The lowest BCUT2D eigenvalue weighted by Crippen LogP contribution is -2.45. The number of rotatable bonds is 5. The molecule has 1 atom stereocenters.